The van der Waals surface area contributed by atoms with Crippen molar-refractivity contribution in [2.75, 3.05) is 33.3 Å². The van der Waals surface area contributed by atoms with E-state index >= 15 is 0 Å². The smallest absolute Gasteiger partial charge is 0.327 e. The Morgan fingerprint density at radius 2 is 2.00 bits per heavy atom. The molecule has 1 aliphatic heterocycles. The number of nitrogens with zero attached hydrogens (tertiary/aromatic N) is 1. The van der Waals surface area contributed by atoms with Gasteiger partial charge in [0, 0.05) is 6.54 Å². The van der Waals surface area contributed by atoms with Crippen LogP contribution in [0.25, 0.3) is 0 Å². The number of likely N-dealkylation sites (tertiary alicyclic amines) is 1. The van der Waals surface area contributed by atoms with Crippen molar-refractivity contribution >= 4 is 5.97 Å². The van der Waals surface area contributed by atoms with Crippen LogP contribution < -0.4 is 5.32 Å². The quantitative estimate of drug-likeness (QED) is 0.719. The highest BCUT2D eigenvalue weighted by Gasteiger charge is 2.36. The highest BCUT2D eigenvalue weighted by molar-refractivity contribution is 5.80. The third kappa shape index (κ3) is 4.77. The van der Waals surface area contributed by atoms with Gasteiger partial charge in [0.15, 0.2) is 0 Å². The van der Waals surface area contributed by atoms with Crippen molar-refractivity contribution in [1.82, 2.24) is 10.2 Å². The van der Waals surface area contributed by atoms with Crippen molar-refractivity contribution in [2.45, 2.75) is 52.0 Å². The summed E-state index contributed by atoms with van der Waals surface area (Å²) >= 11 is 0. The van der Waals surface area contributed by atoms with Crippen molar-refractivity contribution < 1.29 is 9.53 Å². The van der Waals surface area contributed by atoms with Gasteiger partial charge < -0.3 is 15.0 Å². The lowest BCUT2D eigenvalue weighted by Crippen LogP contribution is -2.58. The summed E-state index contributed by atoms with van der Waals surface area (Å²) in [5, 5.41) is 3.35. The van der Waals surface area contributed by atoms with E-state index in [9.17, 15) is 4.79 Å². The van der Waals surface area contributed by atoms with Gasteiger partial charge in [-0.2, -0.15) is 0 Å². The molecule has 1 fully saturated rings. The number of hydrogen-bond donors (Lipinski definition) is 1. The highest BCUT2D eigenvalue weighted by atomic mass is 16.5. The summed E-state index contributed by atoms with van der Waals surface area (Å²) in [6, 6.07) is 0. The summed E-state index contributed by atoms with van der Waals surface area (Å²) in [5.41, 5.74) is -0.580. The van der Waals surface area contributed by atoms with Crippen LogP contribution in [0.3, 0.4) is 0 Å². The predicted octanol–water partition coefficient (Wildman–Crippen LogP) is 2.04. The molecular weight excluding hydrogens is 240 g/mol. The van der Waals surface area contributed by atoms with E-state index < -0.39 is 5.54 Å². The fourth-order valence-corrected chi connectivity index (χ4v) is 2.82. The van der Waals surface area contributed by atoms with Crippen molar-refractivity contribution in [3.8, 4) is 0 Å². The van der Waals surface area contributed by atoms with Gasteiger partial charge in [-0.3, -0.25) is 4.79 Å². The lowest BCUT2D eigenvalue weighted by Gasteiger charge is -2.38. The molecule has 0 aromatic rings. The normalized spacial score (nSPS) is 21.1. The molecule has 0 aliphatic carbocycles. The third-order valence-electron chi connectivity index (χ3n) is 4.23. The Morgan fingerprint density at radius 1 is 1.37 bits per heavy atom. The topological polar surface area (TPSA) is 41.6 Å². The van der Waals surface area contributed by atoms with Crippen LogP contribution in [0.4, 0.5) is 0 Å². The van der Waals surface area contributed by atoms with Gasteiger partial charge in [-0.25, -0.2) is 0 Å². The van der Waals surface area contributed by atoms with Crippen LogP contribution in [0.5, 0.6) is 0 Å². The minimum absolute atomic E-state index is 0.154. The van der Waals surface area contributed by atoms with Gasteiger partial charge in [-0.1, -0.05) is 20.3 Å². The molecule has 112 valence electrons. The maximum absolute atomic E-state index is 12.0. The van der Waals surface area contributed by atoms with Crippen molar-refractivity contribution in [1.29, 1.82) is 0 Å². The summed E-state index contributed by atoms with van der Waals surface area (Å²) in [6.45, 7) is 10.1. The molecule has 0 aromatic carbocycles. The molecule has 1 N–H and O–H groups in total. The maximum Gasteiger partial charge on any atom is 0.327 e. The van der Waals surface area contributed by atoms with Gasteiger partial charge in [0.05, 0.1) is 7.11 Å². The van der Waals surface area contributed by atoms with Crippen LogP contribution in [-0.2, 0) is 9.53 Å². The second-order valence-corrected chi connectivity index (χ2v) is 5.88. The average Bonchev–Trinajstić information content (AvgIpc) is 2.45. The van der Waals surface area contributed by atoms with E-state index in [-0.39, 0.29) is 5.97 Å². The molecule has 0 radical (unpaired) electrons. The number of carbonyl (C=O) groups is 1. The molecule has 1 aliphatic rings. The average molecular weight is 270 g/mol. The number of ether oxygens (including phenoxy) is 1. The van der Waals surface area contributed by atoms with Crippen molar-refractivity contribution in [3.05, 3.63) is 0 Å². The van der Waals surface area contributed by atoms with E-state index in [4.69, 9.17) is 4.74 Å². The van der Waals surface area contributed by atoms with Gasteiger partial charge in [0.2, 0.25) is 0 Å². The van der Waals surface area contributed by atoms with Crippen LogP contribution in [-0.4, -0.2) is 49.7 Å². The second kappa shape index (κ2) is 7.85. The van der Waals surface area contributed by atoms with Gasteiger partial charge in [0.25, 0.3) is 0 Å². The molecule has 19 heavy (non-hydrogen) atoms. The van der Waals surface area contributed by atoms with E-state index in [0.717, 1.165) is 38.5 Å². The SMILES string of the molecule is CCCNC(C)(CN1CCC(CC)CC1)C(=O)OC. The number of nitrogens with one attached hydrogen (secondary N) is 1. The Balaban J connectivity index is 2.55. The second-order valence-electron chi connectivity index (χ2n) is 5.88. The number of hydrogen-bond acceptors (Lipinski definition) is 4. The number of carbonyl (C=O) groups excluding carboxylic acids is 1. The fraction of sp³-hybridized carbons (Fsp3) is 0.933. The third-order valence-corrected chi connectivity index (χ3v) is 4.23. The van der Waals surface area contributed by atoms with E-state index in [1.165, 1.54) is 26.4 Å². The molecule has 0 aromatic heterocycles. The molecule has 4 heteroatoms. The summed E-state index contributed by atoms with van der Waals surface area (Å²) in [7, 11) is 1.47. The fourth-order valence-electron chi connectivity index (χ4n) is 2.82. The van der Waals surface area contributed by atoms with E-state index in [1.807, 2.05) is 6.92 Å². The maximum atomic E-state index is 12.0. The van der Waals surface area contributed by atoms with Gasteiger partial charge in [0.1, 0.15) is 5.54 Å². The number of piperidine rings is 1. The first-order chi connectivity index (χ1) is 9.05. The molecule has 0 spiro atoms. The molecule has 0 bridgehead atoms. The number of methoxy groups -OCH3 is 1. The van der Waals surface area contributed by atoms with Gasteiger partial charge >= 0.3 is 5.97 Å². The largest absolute Gasteiger partial charge is 0.468 e. The van der Waals surface area contributed by atoms with Gasteiger partial charge in [-0.15, -0.1) is 0 Å². The van der Waals surface area contributed by atoms with Crippen LogP contribution in [0.1, 0.15) is 46.5 Å². The molecule has 1 atom stereocenters. The Kier molecular flexibility index (Phi) is 6.80. The monoisotopic (exact) mass is 270 g/mol. The lowest BCUT2D eigenvalue weighted by molar-refractivity contribution is -0.149. The van der Waals surface area contributed by atoms with Crippen molar-refractivity contribution in [3.63, 3.8) is 0 Å². The number of rotatable bonds is 7. The Labute approximate surface area is 117 Å². The summed E-state index contributed by atoms with van der Waals surface area (Å²) in [4.78, 5) is 14.4. The molecule has 0 amide bonds. The Hall–Kier alpha value is -0.610. The zero-order valence-electron chi connectivity index (χ0n) is 13.0. The molecular formula is C15H30N2O2. The highest BCUT2D eigenvalue weighted by Crippen LogP contribution is 2.21. The van der Waals surface area contributed by atoms with Crippen molar-refractivity contribution in [2.24, 2.45) is 5.92 Å². The Bertz CT molecular complexity index is 275. The Morgan fingerprint density at radius 3 is 2.47 bits per heavy atom. The molecule has 1 heterocycles. The molecule has 1 saturated heterocycles. The van der Waals surface area contributed by atoms with Crippen LogP contribution >= 0.6 is 0 Å². The van der Waals surface area contributed by atoms with E-state index in [1.54, 1.807) is 0 Å². The van der Waals surface area contributed by atoms with Crippen LogP contribution in [0.2, 0.25) is 0 Å². The summed E-state index contributed by atoms with van der Waals surface area (Å²) < 4.78 is 4.97. The summed E-state index contributed by atoms with van der Waals surface area (Å²) in [5.74, 6) is 0.711. The predicted molar refractivity (Wildman–Crippen MR) is 78.2 cm³/mol. The minimum Gasteiger partial charge on any atom is -0.468 e. The zero-order chi connectivity index (χ0) is 14.3. The zero-order valence-corrected chi connectivity index (χ0v) is 13.0. The molecule has 1 unspecified atom stereocenters. The summed E-state index contributed by atoms with van der Waals surface area (Å²) in [6.07, 6.45) is 4.80. The molecule has 4 nitrogen and oxygen atoms in total. The van der Waals surface area contributed by atoms with Crippen LogP contribution in [0, 0.1) is 5.92 Å². The first kappa shape index (κ1) is 16.4. The molecule has 1 rings (SSSR count). The first-order valence-electron chi connectivity index (χ1n) is 7.61. The number of esters is 1. The van der Waals surface area contributed by atoms with E-state index in [0.29, 0.717) is 0 Å². The lowest BCUT2D eigenvalue weighted by atomic mass is 9.92. The van der Waals surface area contributed by atoms with E-state index in [2.05, 4.69) is 24.1 Å². The standard InChI is InChI=1S/C15H30N2O2/c1-5-9-16-15(3,14(18)19-4)12-17-10-7-13(6-2)8-11-17/h13,16H,5-12H2,1-4H3. The van der Waals surface area contributed by atoms with Crippen LogP contribution in [0.15, 0.2) is 0 Å². The first-order valence-corrected chi connectivity index (χ1v) is 7.61. The molecule has 0 saturated carbocycles. The van der Waals surface area contributed by atoms with Gasteiger partial charge in [-0.05, 0) is 51.7 Å². The minimum atomic E-state index is -0.580.